The number of nitrogens with one attached hydrogen (secondary N) is 2. The number of likely N-dealkylation sites (tertiary alicyclic amines) is 1. The molecule has 5 nitrogen and oxygen atoms in total. The molecular weight excluding hydrogens is 278 g/mol. The molecule has 2 aromatic rings. The number of pyridine rings is 1. The lowest BCUT2D eigenvalue weighted by Crippen LogP contribution is -2.38. The molecule has 0 radical (unpaired) electrons. The van der Waals surface area contributed by atoms with Crippen LogP contribution in [0, 0.1) is 0 Å². The number of carbonyl (C=O) groups excluding carboxylic acids is 1. The van der Waals surface area contributed by atoms with Crippen LogP contribution in [-0.2, 0) is 0 Å². The standard InChI is InChI=1S/C17H21N3O2/c1-11(2)20-8-7-12(10-20)18-17(22)14-9-16(21)19-15-6-4-3-5-13(14)15/h3-6,9,11-12H,7-8,10H2,1-2H3,(H,18,22)(H,19,21). The van der Waals surface area contributed by atoms with E-state index in [2.05, 4.69) is 29.0 Å². The number of carbonyl (C=O) groups is 1. The first-order valence-corrected chi connectivity index (χ1v) is 7.71. The molecule has 1 fully saturated rings. The minimum absolute atomic E-state index is 0.146. The highest BCUT2D eigenvalue weighted by atomic mass is 16.2. The quantitative estimate of drug-likeness (QED) is 0.907. The number of hydrogen-bond acceptors (Lipinski definition) is 3. The monoisotopic (exact) mass is 299 g/mol. The molecule has 0 saturated carbocycles. The minimum atomic E-state index is -0.251. The smallest absolute Gasteiger partial charge is 0.252 e. The second-order valence-electron chi connectivity index (χ2n) is 6.14. The molecule has 5 heteroatoms. The Balaban J connectivity index is 1.83. The van der Waals surface area contributed by atoms with E-state index < -0.39 is 0 Å². The molecule has 1 aromatic carbocycles. The van der Waals surface area contributed by atoms with E-state index in [9.17, 15) is 9.59 Å². The number of amides is 1. The summed E-state index contributed by atoms with van der Waals surface area (Å²) in [6, 6.07) is 9.40. The number of nitrogens with zero attached hydrogens (tertiary/aromatic N) is 1. The Morgan fingerprint density at radius 1 is 1.36 bits per heavy atom. The lowest BCUT2D eigenvalue weighted by atomic mass is 10.1. The van der Waals surface area contributed by atoms with Gasteiger partial charge in [-0.25, -0.2) is 0 Å². The van der Waals surface area contributed by atoms with Crippen LogP contribution >= 0.6 is 0 Å². The van der Waals surface area contributed by atoms with Gasteiger partial charge in [0.1, 0.15) is 0 Å². The molecule has 1 aliphatic rings. The number of H-pyrrole nitrogens is 1. The van der Waals surface area contributed by atoms with Gasteiger partial charge in [0.15, 0.2) is 0 Å². The number of fused-ring (bicyclic) bond motifs is 1. The third-order valence-electron chi connectivity index (χ3n) is 4.28. The summed E-state index contributed by atoms with van der Waals surface area (Å²) >= 11 is 0. The van der Waals surface area contributed by atoms with Crippen molar-refractivity contribution in [2.45, 2.75) is 32.4 Å². The second kappa shape index (κ2) is 5.93. The summed E-state index contributed by atoms with van der Waals surface area (Å²) in [6.45, 7) is 6.19. The zero-order chi connectivity index (χ0) is 15.7. The maximum atomic E-state index is 12.6. The van der Waals surface area contributed by atoms with E-state index >= 15 is 0 Å². The lowest BCUT2D eigenvalue weighted by Gasteiger charge is -2.20. The molecule has 2 heterocycles. The van der Waals surface area contributed by atoms with Crippen LogP contribution in [0.1, 0.15) is 30.6 Å². The van der Waals surface area contributed by atoms with Gasteiger partial charge in [0.05, 0.1) is 5.56 Å². The summed E-state index contributed by atoms with van der Waals surface area (Å²) in [6.07, 6.45) is 0.949. The molecule has 116 valence electrons. The van der Waals surface area contributed by atoms with Crippen LogP contribution < -0.4 is 10.9 Å². The van der Waals surface area contributed by atoms with Gasteiger partial charge in [-0.2, -0.15) is 0 Å². The van der Waals surface area contributed by atoms with E-state index in [1.165, 1.54) is 6.07 Å². The van der Waals surface area contributed by atoms with Crippen molar-refractivity contribution >= 4 is 16.8 Å². The van der Waals surface area contributed by atoms with E-state index in [0.717, 1.165) is 24.9 Å². The van der Waals surface area contributed by atoms with Crippen molar-refractivity contribution in [3.8, 4) is 0 Å². The number of para-hydroxylation sites is 1. The molecule has 1 aromatic heterocycles. The van der Waals surface area contributed by atoms with Crippen LogP contribution in [0.15, 0.2) is 35.1 Å². The van der Waals surface area contributed by atoms with Gasteiger partial charge in [-0.3, -0.25) is 14.5 Å². The molecule has 0 spiro atoms. The topological polar surface area (TPSA) is 65.2 Å². The van der Waals surface area contributed by atoms with Crippen LogP contribution in [0.25, 0.3) is 10.9 Å². The Kier molecular flexibility index (Phi) is 3.98. The van der Waals surface area contributed by atoms with E-state index in [1.54, 1.807) is 0 Å². The van der Waals surface area contributed by atoms with Crippen molar-refractivity contribution in [1.29, 1.82) is 0 Å². The van der Waals surface area contributed by atoms with Crippen LogP contribution in [0.2, 0.25) is 0 Å². The third kappa shape index (κ3) is 2.90. The summed E-state index contributed by atoms with van der Waals surface area (Å²) in [4.78, 5) is 29.4. The molecule has 1 aliphatic heterocycles. The highest BCUT2D eigenvalue weighted by Gasteiger charge is 2.26. The van der Waals surface area contributed by atoms with Gasteiger partial charge >= 0.3 is 0 Å². The van der Waals surface area contributed by atoms with Crippen molar-refractivity contribution in [2.24, 2.45) is 0 Å². The minimum Gasteiger partial charge on any atom is -0.348 e. The average molecular weight is 299 g/mol. The molecular formula is C17H21N3O2. The maximum absolute atomic E-state index is 12.6. The number of rotatable bonds is 3. The van der Waals surface area contributed by atoms with E-state index in [1.807, 2.05) is 24.3 Å². The van der Waals surface area contributed by atoms with Crippen molar-refractivity contribution in [3.05, 3.63) is 46.2 Å². The first-order valence-electron chi connectivity index (χ1n) is 7.71. The summed E-state index contributed by atoms with van der Waals surface area (Å²) in [5.41, 5.74) is 0.886. The van der Waals surface area contributed by atoms with Crippen LogP contribution in [0.4, 0.5) is 0 Å². The van der Waals surface area contributed by atoms with Gasteiger partial charge in [0.2, 0.25) is 5.56 Å². The fourth-order valence-electron chi connectivity index (χ4n) is 3.03. The predicted molar refractivity (Wildman–Crippen MR) is 87.1 cm³/mol. The van der Waals surface area contributed by atoms with Gasteiger partial charge in [0.25, 0.3) is 5.91 Å². The Morgan fingerprint density at radius 3 is 2.86 bits per heavy atom. The average Bonchev–Trinajstić information content (AvgIpc) is 2.95. The Morgan fingerprint density at radius 2 is 2.14 bits per heavy atom. The lowest BCUT2D eigenvalue weighted by molar-refractivity contribution is 0.0938. The molecule has 1 atom stereocenters. The van der Waals surface area contributed by atoms with E-state index in [-0.39, 0.29) is 17.5 Å². The molecule has 0 aliphatic carbocycles. The van der Waals surface area contributed by atoms with Gasteiger partial charge in [-0.15, -0.1) is 0 Å². The summed E-state index contributed by atoms with van der Waals surface area (Å²) < 4.78 is 0. The molecule has 1 saturated heterocycles. The Labute approximate surface area is 129 Å². The van der Waals surface area contributed by atoms with Crippen LogP contribution in [0.5, 0.6) is 0 Å². The zero-order valence-electron chi connectivity index (χ0n) is 12.9. The fraction of sp³-hybridized carbons (Fsp3) is 0.412. The Bertz CT molecular complexity index is 751. The van der Waals surface area contributed by atoms with E-state index in [4.69, 9.17) is 0 Å². The van der Waals surface area contributed by atoms with Gasteiger partial charge < -0.3 is 10.3 Å². The van der Waals surface area contributed by atoms with Crippen molar-refractivity contribution in [2.75, 3.05) is 13.1 Å². The maximum Gasteiger partial charge on any atom is 0.252 e. The first-order chi connectivity index (χ1) is 10.5. The second-order valence-corrected chi connectivity index (χ2v) is 6.14. The summed E-state index contributed by atoms with van der Waals surface area (Å²) in [5, 5.41) is 3.84. The van der Waals surface area contributed by atoms with Gasteiger partial charge in [-0.1, -0.05) is 18.2 Å². The zero-order valence-corrected chi connectivity index (χ0v) is 12.9. The number of benzene rings is 1. The molecule has 3 rings (SSSR count). The van der Waals surface area contributed by atoms with Crippen LogP contribution in [-0.4, -0.2) is 41.0 Å². The van der Waals surface area contributed by atoms with Crippen LogP contribution in [0.3, 0.4) is 0 Å². The number of hydrogen-bond donors (Lipinski definition) is 2. The van der Waals surface area contributed by atoms with Crippen molar-refractivity contribution in [1.82, 2.24) is 15.2 Å². The number of aromatic nitrogens is 1. The fourth-order valence-corrected chi connectivity index (χ4v) is 3.03. The molecule has 1 unspecified atom stereocenters. The first kappa shape index (κ1) is 14.8. The molecule has 2 N–H and O–H groups in total. The largest absolute Gasteiger partial charge is 0.348 e. The molecule has 0 bridgehead atoms. The Hall–Kier alpha value is -2.14. The molecule has 22 heavy (non-hydrogen) atoms. The van der Waals surface area contributed by atoms with Gasteiger partial charge in [0, 0.05) is 42.1 Å². The SMILES string of the molecule is CC(C)N1CCC(NC(=O)c2cc(=O)[nH]c3ccccc23)C1. The number of aromatic amines is 1. The van der Waals surface area contributed by atoms with Crippen molar-refractivity contribution in [3.63, 3.8) is 0 Å². The highest BCUT2D eigenvalue weighted by molar-refractivity contribution is 6.06. The van der Waals surface area contributed by atoms with Gasteiger partial charge in [-0.05, 0) is 26.3 Å². The third-order valence-corrected chi connectivity index (χ3v) is 4.28. The highest BCUT2D eigenvalue weighted by Crippen LogP contribution is 2.16. The van der Waals surface area contributed by atoms with E-state index in [0.29, 0.717) is 17.1 Å². The van der Waals surface area contributed by atoms with Crippen molar-refractivity contribution < 1.29 is 4.79 Å². The normalized spacial score (nSPS) is 19.0. The predicted octanol–water partition coefficient (Wildman–Crippen LogP) is 1.74. The summed E-state index contributed by atoms with van der Waals surface area (Å²) in [7, 11) is 0. The molecule has 1 amide bonds. The summed E-state index contributed by atoms with van der Waals surface area (Å²) in [5.74, 6) is -0.169.